The molecule has 0 atom stereocenters. The lowest BCUT2D eigenvalue weighted by molar-refractivity contribution is 0.630. The molecule has 0 saturated carbocycles. The number of hydrogen-bond donors (Lipinski definition) is 0. The summed E-state index contributed by atoms with van der Waals surface area (Å²) in [4.78, 5) is 0. The van der Waals surface area contributed by atoms with Crippen LogP contribution in [0.2, 0.25) is 0 Å². The van der Waals surface area contributed by atoms with E-state index in [1.165, 1.54) is 43.6 Å². The van der Waals surface area contributed by atoms with Crippen molar-refractivity contribution in [1.29, 1.82) is 0 Å². The molecule has 2 nitrogen and oxygen atoms in total. The van der Waals surface area contributed by atoms with E-state index < -0.39 is 0 Å². The quantitative estimate of drug-likeness (QED) is 0.193. The first kappa shape index (κ1) is 25.2. The highest BCUT2D eigenvalue weighted by Crippen LogP contribution is 2.48. The van der Waals surface area contributed by atoms with Crippen LogP contribution in [-0.4, -0.2) is 0 Å². The predicted octanol–water partition coefficient (Wildman–Crippen LogP) is 12.8. The highest BCUT2D eigenvalue weighted by atomic mass is 16.3. The summed E-state index contributed by atoms with van der Waals surface area (Å²) in [5.41, 5.74) is 8.38. The zero-order valence-electron chi connectivity index (χ0n) is 24.8. The molecule has 0 spiro atoms. The maximum absolute atomic E-state index is 6.73. The molecule has 0 unspecified atom stereocenters. The molecule has 0 amide bonds. The standard InChI is InChI=1S/C44H26O2/c1-2-12-27(13-3-1)42-32-17-7-9-19-34(32)43(35-20-10-8-18-33(35)42)37-23-31(39-25-30-16-6-11-21-38(30)45-39)26-41-44(37)36-22-28-14-4-5-15-29(28)24-40(36)46-41/h1-26H. The number of furan rings is 2. The van der Waals surface area contributed by atoms with E-state index in [1.54, 1.807) is 0 Å². The highest BCUT2D eigenvalue weighted by Gasteiger charge is 2.22. The highest BCUT2D eigenvalue weighted by molar-refractivity contribution is 6.26. The Kier molecular flexibility index (Phi) is 5.31. The zero-order valence-corrected chi connectivity index (χ0v) is 24.8. The molecule has 0 aliphatic carbocycles. The van der Waals surface area contributed by atoms with Crippen LogP contribution in [0.5, 0.6) is 0 Å². The minimum Gasteiger partial charge on any atom is -0.456 e. The molecule has 8 aromatic carbocycles. The summed E-state index contributed by atoms with van der Waals surface area (Å²) in [5, 5.41) is 10.5. The van der Waals surface area contributed by atoms with Crippen LogP contribution in [0.3, 0.4) is 0 Å². The largest absolute Gasteiger partial charge is 0.456 e. The van der Waals surface area contributed by atoms with Crippen molar-refractivity contribution in [3.63, 3.8) is 0 Å². The van der Waals surface area contributed by atoms with Crippen molar-refractivity contribution in [2.45, 2.75) is 0 Å². The molecule has 2 aromatic heterocycles. The van der Waals surface area contributed by atoms with Gasteiger partial charge >= 0.3 is 0 Å². The van der Waals surface area contributed by atoms with Crippen LogP contribution in [0.4, 0.5) is 0 Å². The molecule has 2 heterocycles. The van der Waals surface area contributed by atoms with Crippen LogP contribution in [-0.2, 0) is 0 Å². The Balaban J connectivity index is 1.39. The molecule has 214 valence electrons. The van der Waals surface area contributed by atoms with Gasteiger partial charge in [0.15, 0.2) is 0 Å². The first-order chi connectivity index (χ1) is 22.8. The van der Waals surface area contributed by atoms with Crippen LogP contribution in [0, 0.1) is 0 Å². The van der Waals surface area contributed by atoms with E-state index in [0.717, 1.165) is 55.2 Å². The minimum atomic E-state index is 0.824. The third-order valence-electron chi connectivity index (χ3n) is 9.41. The topological polar surface area (TPSA) is 26.3 Å². The second kappa shape index (κ2) is 9.69. The van der Waals surface area contributed by atoms with E-state index in [2.05, 4.69) is 140 Å². The number of fused-ring (bicyclic) bond motifs is 7. The van der Waals surface area contributed by atoms with Gasteiger partial charge in [0.2, 0.25) is 0 Å². The Morgan fingerprint density at radius 2 is 0.913 bits per heavy atom. The molecule has 0 radical (unpaired) electrons. The zero-order chi connectivity index (χ0) is 30.2. The van der Waals surface area contributed by atoms with Gasteiger partial charge in [0, 0.05) is 21.7 Å². The summed E-state index contributed by atoms with van der Waals surface area (Å²) >= 11 is 0. The first-order valence-corrected chi connectivity index (χ1v) is 15.7. The average molecular weight is 587 g/mol. The van der Waals surface area contributed by atoms with E-state index >= 15 is 0 Å². The van der Waals surface area contributed by atoms with Crippen molar-refractivity contribution in [3.8, 4) is 33.6 Å². The number of benzene rings is 8. The summed E-state index contributed by atoms with van der Waals surface area (Å²) in [7, 11) is 0. The molecule has 10 aromatic rings. The molecule has 0 aliphatic rings. The summed E-state index contributed by atoms with van der Waals surface area (Å²) in [6.07, 6.45) is 0. The summed E-state index contributed by atoms with van der Waals surface area (Å²) < 4.78 is 13.2. The smallest absolute Gasteiger partial charge is 0.136 e. The third-order valence-corrected chi connectivity index (χ3v) is 9.41. The molecule has 0 saturated heterocycles. The summed E-state index contributed by atoms with van der Waals surface area (Å²) in [6.45, 7) is 0. The van der Waals surface area contributed by atoms with Crippen LogP contribution < -0.4 is 0 Å². The maximum atomic E-state index is 6.73. The van der Waals surface area contributed by atoms with Crippen LogP contribution in [0.25, 0.3) is 98.8 Å². The first-order valence-electron chi connectivity index (χ1n) is 15.7. The van der Waals surface area contributed by atoms with Crippen LogP contribution in [0.1, 0.15) is 0 Å². The van der Waals surface area contributed by atoms with Gasteiger partial charge in [-0.15, -0.1) is 0 Å². The predicted molar refractivity (Wildman–Crippen MR) is 192 cm³/mol. The van der Waals surface area contributed by atoms with Crippen molar-refractivity contribution < 1.29 is 8.83 Å². The molecule has 10 rings (SSSR count). The maximum Gasteiger partial charge on any atom is 0.136 e. The Hall–Kier alpha value is -6.12. The van der Waals surface area contributed by atoms with E-state index in [9.17, 15) is 0 Å². The Bertz CT molecular complexity index is 2710. The van der Waals surface area contributed by atoms with E-state index in [-0.39, 0.29) is 0 Å². The normalized spacial score (nSPS) is 11.9. The lowest BCUT2D eigenvalue weighted by Gasteiger charge is -2.18. The monoisotopic (exact) mass is 586 g/mol. The van der Waals surface area contributed by atoms with Crippen LogP contribution >= 0.6 is 0 Å². The number of rotatable bonds is 3. The molecule has 0 N–H and O–H groups in total. The van der Waals surface area contributed by atoms with E-state index in [1.807, 2.05) is 18.2 Å². The Labute approximate surface area is 264 Å². The minimum absolute atomic E-state index is 0.824. The number of hydrogen-bond acceptors (Lipinski definition) is 2. The van der Waals surface area contributed by atoms with Gasteiger partial charge < -0.3 is 8.83 Å². The fraction of sp³-hybridized carbons (Fsp3) is 0. The Morgan fingerprint density at radius 1 is 0.326 bits per heavy atom. The molecule has 2 heteroatoms. The van der Waals surface area contributed by atoms with Gasteiger partial charge in [0.1, 0.15) is 22.5 Å². The van der Waals surface area contributed by atoms with Gasteiger partial charge in [-0.25, -0.2) is 0 Å². The Morgan fingerprint density at radius 3 is 1.61 bits per heavy atom. The summed E-state index contributed by atoms with van der Waals surface area (Å²) in [5.74, 6) is 0.824. The molecular weight excluding hydrogens is 560 g/mol. The van der Waals surface area contributed by atoms with Gasteiger partial charge in [-0.3, -0.25) is 0 Å². The fourth-order valence-corrected chi connectivity index (χ4v) is 7.39. The molecule has 0 aliphatic heterocycles. The molecule has 46 heavy (non-hydrogen) atoms. The molecular formula is C44H26O2. The van der Waals surface area contributed by atoms with Crippen molar-refractivity contribution in [3.05, 3.63) is 158 Å². The lowest BCUT2D eigenvalue weighted by atomic mass is 9.84. The van der Waals surface area contributed by atoms with Crippen molar-refractivity contribution >= 4 is 65.2 Å². The molecule has 0 fully saturated rings. The van der Waals surface area contributed by atoms with Crippen molar-refractivity contribution in [1.82, 2.24) is 0 Å². The van der Waals surface area contributed by atoms with Crippen molar-refractivity contribution in [2.75, 3.05) is 0 Å². The van der Waals surface area contributed by atoms with Gasteiger partial charge in [-0.05, 0) is 91.0 Å². The number of para-hydroxylation sites is 1. The average Bonchev–Trinajstić information content (AvgIpc) is 3.71. The second-order valence-electron chi connectivity index (χ2n) is 12.1. The lowest BCUT2D eigenvalue weighted by Crippen LogP contribution is -1.92. The second-order valence-corrected chi connectivity index (χ2v) is 12.1. The van der Waals surface area contributed by atoms with E-state index in [4.69, 9.17) is 8.83 Å². The summed E-state index contributed by atoms with van der Waals surface area (Å²) in [6, 6.07) is 56.1. The molecule has 0 bridgehead atoms. The fourth-order valence-electron chi connectivity index (χ4n) is 7.39. The SMILES string of the molecule is c1ccc(-c2c3ccccc3c(-c3cc(-c4cc5ccccc5o4)cc4oc5cc6ccccc6cc5c34)c3ccccc23)cc1. The van der Waals surface area contributed by atoms with Gasteiger partial charge in [0.05, 0.1) is 0 Å². The van der Waals surface area contributed by atoms with E-state index in [0.29, 0.717) is 0 Å². The van der Waals surface area contributed by atoms with Crippen molar-refractivity contribution in [2.24, 2.45) is 0 Å². The van der Waals surface area contributed by atoms with Gasteiger partial charge in [-0.2, -0.15) is 0 Å². The third kappa shape index (κ3) is 3.71. The van der Waals surface area contributed by atoms with Crippen LogP contribution in [0.15, 0.2) is 167 Å². The van der Waals surface area contributed by atoms with Gasteiger partial charge in [-0.1, -0.05) is 121 Å². The van der Waals surface area contributed by atoms with Gasteiger partial charge in [0.25, 0.3) is 0 Å².